The average molecular weight is 318 g/mol. The van der Waals surface area contributed by atoms with Crippen molar-refractivity contribution in [2.24, 2.45) is 0 Å². The van der Waals surface area contributed by atoms with E-state index in [4.69, 9.17) is 0 Å². The first-order valence-corrected chi connectivity index (χ1v) is 9.19. The summed E-state index contributed by atoms with van der Waals surface area (Å²) in [6.45, 7) is 17.5. The number of fused-ring (bicyclic) bond motifs is 1. The van der Waals surface area contributed by atoms with Gasteiger partial charge in [0.1, 0.15) is 5.65 Å². The standard InChI is InChI=1S/C14H17N3.3C2H6/c1-2-17-9-3-4-11(10-17)12-5-7-15-14-13(12)6-8-16-14;3*1-2/h3-8,11H,2,9-10H2,1H3,(H,15,16);3*1-2H3. The molecule has 1 atom stereocenters. The van der Waals surface area contributed by atoms with Gasteiger partial charge >= 0.3 is 0 Å². The number of pyridine rings is 1. The van der Waals surface area contributed by atoms with Crippen LogP contribution in [0.1, 0.15) is 59.9 Å². The number of aromatic amines is 1. The lowest BCUT2D eigenvalue weighted by Crippen LogP contribution is -2.31. The van der Waals surface area contributed by atoms with E-state index >= 15 is 0 Å². The third-order valence-electron chi connectivity index (χ3n) is 3.53. The highest BCUT2D eigenvalue weighted by Gasteiger charge is 2.18. The Kier molecular flexibility index (Phi) is 12.0. The summed E-state index contributed by atoms with van der Waals surface area (Å²) in [7, 11) is 0. The molecule has 3 heteroatoms. The van der Waals surface area contributed by atoms with Gasteiger partial charge in [0.25, 0.3) is 0 Å². The zero-order chi connectivity index (χ0) is 17.7. The molecule has 3 rings (SSSR count). The zero-order valence-electron chi connectivity index (χ0n) is 16.1. The van der Waals surface area contributed by atoms with Crippen LogP contribution in [-0.4, -0.2) is 34.5 Å². The maximum absolute atomic E-state index is 4.34. The molecule has 2 aromatic heterocycles. The summed E-state index contributed by atoms with van der Waals surface area (Å²) in [5, 5.41) is 1.25. The minimum Gasteiger partial charge on any atom is -0.346 e. The number of hydrogen-bond donors (Lipinski definition) is 1. The molecule has 0 saturated carbocycles. The maximum Gasteiger partial charge on any atom is 0.137 e. The quantitative estimate of drug-likeness (QED) is 0.729. The van der Waals surface area contributed by atoms with E-state index in [0.717, 1.165) is 25.3 Å². The first-order chi connectivity index (χ1) is 11.4. The van der Waals surface area contributed by atoms with E-state index in [0.29, 0.717) is 5.92 Å². The van der Waals surface area contributed by atoms with Gasteiger partial charge in [-0.3, -0.25) is 4.90 Å². The van der Waals surface area contributed by atoms with E-state index in [1.165, 1.54) is 10.9 Å². The van der Waals surface area contributed by atoms with E-state index in [1.807, 2.05) is 53.9 Å². The molecule has 3 heterocycles. The molecule has 0 fully saturated rings. The predicted octanol–water partition coefficient (Wildman–Crippen LogP) is 5.62. The van der Waals surface area contributed by atoms with E-state index in [-0.39, 0.29) is 0 Å². The minimum atomic E-state index is 0.491. The van der Waals surface area contributed by atoms with E-state index in [2.05, 4.69) is 46.1 Å². The fourth-order valence-electron chi connectivity index (χ4n) is 2.55. The smallest absolute Gasteiger partial charge is 0.137 e. The molecule has 0 aliphatic carbocycles. The molecule has 1 unspecified atom stereocenters. The van der Waals surface area contributed by atoms with Crippen LogP contribution in [0.15, 0.2) is 36.7 Å². The molecule has 1 aliphatic rings. The Hall–Kier alpha value is -1.61. The molecule has 0 radical (unpaired) electrons. The van der Waals surface area contributed by atoms with Gasteiger partial charge in [0.05, 0.1) is 0 Å². The van der Waals surface area contributed by atoms with E-state index < -0.39 is 0 Å². The molecule has 3 nitrogen and oxygen atoms in total. The van der Waals surface area contributed by atoms with Crippen molar-refractivity contribution in [2.45, 2.75) is 54.4 Å². The molecular weight excluding hydrogens is 282 g/mol. The Morgan fingerprint density at radius 1 is 1.13 bits per heavy atom. The van der Waals surface area contributed by atoms with Crippen molar-refractivity contribution in [3.8, 4) is 0 Å². The lowest BCUT2D eigenvalue weighted by Gasteiger charge is -2.28. The van der Waals surface area contributed by atoms with Gasteiger partial charge in [0.2, 0.25) is 0 Å². The van der Waals surface area contributed by atoms with Crippen LogP contribution in [0.3, 0.4) is 0 Å². The summed E-state index contributed by atoms with van der Waals surface area (Å²) in [5.74, 6) is 0.491. The predicted molar refractivity (Wildman–Crippen MR) is 104 cm³/mol. The highest BCUT2D eigenvalue weighted by Crippen LogP contribution is 2.27. The van der Waals surface area contributed by atoms with Crippen LogP contribution in [0, 0.1) is 0 Å². The second-order valence-corrected chi connectivity index (χ2v) is 4.53. The van der Waals surface area contributed by atoms with Gasteiger partial charge < -0.3 is 4.98 Å². The van der Waals surface area contributed by atoms with Crippen molar-refractivity contribution < 1.29 is 0 Å². The molecule has 130 valence electrons. The highest BCUT2D eigenvalue weighted by molar-refractivity contribution is 5.80. The van der Waals surface area contributed by atoms with Crippen LogP contribution in [0.25, 0.3) is 11.0 Å². The molecule has 1 aliphatic heterocycles. The number of H-pyrrole nitrogens is 1. The summed E-state index contributed by atoms with van der Waals surface area (Å²) in [4.78, 5) is 9.98. The topological polar surface area (TPSA) is 31.9 Å². The van der Waals surface area contributed by atoms with Crippen molar-refractivity contribution in [1.29, 1.82) is 0 Å². The van der Waals surface area contributed by atoms with Crippen LogP contribution < -0.4 is 0 Å². The van der Waals surface area contributed by atoms with Crippen molar-refractivity contribution in [2.75, 3.05) is 19.6 Å². The number of nitrogens with one attached hydrogen (secondary N) is 1. The fourth-order valence-corrected chi connectivity index (χ4v) is 2.55. The summed E-state index contributed by atoms with van der Waals surface area (Å²) in [5.41, 5.74) is 2.37. The lowest BCUT2D eigenvalue weighted by atomic mass is 9.94. The summed E-state index contributed by atoms with van der Waals surface area (Å²) in [6.07, 6.45) is 8.46. The average Bonchev–Trinajstić information content (AvgIpc) is 3.15. The molecule has 0 bridgehead atoms. The van der Waals surface area contributed by atoms with E-state index in [1.54, 1.807) is 0 Å². The van der Waals surface area contributed by atoms with E-state index in [9.17, 15) is 0 Å². The number of aromatic nitrogens is 2. The number of rotatable bonds is 2. The van der Waals surface area contributed by atoms with Gasteiger partial charge in [-0.2, -0.15) is 0 Å². The molecule has 0 saturated heterocycles. The molecule has 1 N–H and O–H groups in total. The molecular formula is C20H35N3. The third kappa shape index (κ3) is 5.83. The number of likely N-dealkylation sites (N-methyl/N-ethyl adjacent to an activating group) is 1. The monoisotopic (exact) mass is 317 g/mol. The first-order valence-electron chi connectivity index (χ1n) is 9.19. The van der Waals surface area contributed by atoms with Crippen molar-refractivity contribution in [1.82, 2.24) is 14.9 Å². The van der Waals surface area contributed by atoms with Gasteiger partial charge in [-0.15, -0.1) is 0 Å². The van der Waals surface area contributed by atoms with Crippen molar-refractivity contribution in [3.05, 3.63) is 42.2 Å². The second-order valence-electron chi connectivity index (χ2n) is 4.53. The molecule has 0 amide bonds. The van der Waals surface area contributed by atoms with Crippen LogP contribution >= 0.6 is 0 Å². The van der Waals surface area contributed by atoms with Gasteiger partial charge in [-0.25, -0.2) is 4.98 Å². The third-order valence-corrected chi connectivity index (χ3v) is 3.53. The Bertz CT molecular complexity index is 543. The van der Waals surface area contributed by atoms with Gasteiger partial charge in [-0.05, 0) is 24.2 Å². The maximum atomic E-state index is 4.34. The molecule has 2 aromatic rings. The summed E-state index contributed by atoms with van der Waals surface area (Å²) >= 11 is 0. The first kappa shape index (κ1) is 21.4. The largest absolute Gasteiger partial charge is 0.346 e. The molecule has 0 spiro atoms. The van der Waals surface area contributed by atoms with Crippen LogP contribution in [0.5, 0.6) is 0 Å². The van der Waals surface area contributed by atoms with Crippen molar-refractivity contribution >= 4 is 11.0 Å². The summed E-state index contributed by atoms with van der Waals surface area (Å²) in [6, 6.07) is 4.26. The molecule has 0 aromatic carbocycles. The molecule has 23 heavy (non-hydrogen) atoms. The Balaban J connectivity index is 0.000000728. The zero-order valence-corrected chi connectivity index (χ0v) is 16.1. The summed E-state index contributed by atoms with van der Waals surface area (Å²) < 4.78 is 0. The minimum absolute atomic E-state index is 0.491. The number of hydrogen-bond acceptors (Lipinski definition) is 2. The highest BCUT2D eigenvalue weighted by atomic mass is 15.1. The SMILES string of the molecule is CC.CC.CC.CCN1CC=CC(c2ccnc3[nH]ccc23)C1. The van der Waals surface area contributed by atoms with Crippen LogP contribution in [0.4, 0.5) is 0 Å². The van der Waals surface area contributed by atoms with Crippen LogP contribution in [0.2, 0.25) is 0 Å². The fraction of sp³-hybridized carbons (Fsp3) is 0.550. The van der Waals surface area contributed by atoms with Crippen LogP contribution in [-0.2, 0) is 0 Å². The Labute approximate surface area is 142 Å². The second kappa shape index (κ2) is 12.9. The van der Waals surface area contributed by atoms with Gasteiger partial charge in [-0.1, -0.05) is 60.6 Å². The van der Waals surface area contributed by atoms with Crippen molar-refractivity contribution in [3.63, 3.8) is 0 Å². The Morgan fingerprint density at radius 2 is 1.83 bits per heavy atom. The number of nitrogens with zero attached hydrogens (tertiary/aromatic N) is 2. The van der Waals surface area contributed by atoms with Gasteiger partial charge in [0, 0.05) is 36.8 Å². The van der Waals surface area contributed by atoms with Gasteiger partial charge in [0.15, 0.2) is 0 Å². The Morgan fingerprint density at radius 3 is 2.48 bits per heavy atom. The lowest BCUT2D eigenvalue weighted by molar-refractivity contribution is 0.299. The normalized spacial score (nSPS) is 16.4.